The van der Waals surface area contributed by atoms with Crippen LogP contribution < -0.4 is 4.74 Å². The van der Waals surface area contributed by atoms with E-state index >= 15 is 0 Å². The van der Waals surface area contributed by atoms with Gasteiger partial charge in [0, 0.05) is 23.4 Å². The van der Waals surface area contributed by atoms with Gasteiger partial charge in [-0.1, -0.05) is 15.9 Å². The van der Waals surface area contributed by atoms with Crippen molar-refractivity contribution in [3.63, 3.8) is 0 Å². The molecule has 0 unspecified atom stereocenters. The van der Waals surface area contributed by atoms with Crippen LogP contribution in [-0.4, -0.2) is 16.2 Å². The third kappa shape index (κ3) is 3.60. The Kier molecular flexibility index (Phi) is 4.20. The Labute approximate surface area is 110 Å². The highest BCUT2D eigenvalue weighted by Crippen LogP contribution is 2.21. The molecule has 1 aromatic carbocycles. The average molecular weight is 295 g/mol. The number of nitrogens with zero attached hydrogens (tertiary/aromatic N) is 2. The molecule has 17 heavy (non-hydrogen) atoms. The molecule has 0 aliphatic heterocycles. The smallest absolute Gasteiger partial charge is 0.119 e. The molecule has 0 spiro atoms. The molecule has 2 aromatic rings. The van der Waals surface area contributed by atoms with Gasteiger partial charge in [-0.25, -0.2) is 4.98 Å². The second-order valence-electron chi connectivity index (χ2n) is 3.91. The van der Waals surface area contributed by atoms with Gasteiger partial charge < -0.3 is 9.30 Å². The van der Waals surface area contributed by atoms with Gasteiger partial charge in [0.1, 0.15) is 5.75 Å². The molecule has 0 radical (unpaired) electrons. The SMILES string of the molecule is Cc1cc(OCCCn2ccnc2)ccc1Br. The van der Waals surface area contributed by atoms with Gasteiger partial charge in [0.25, 0.3) is 0 Å². The molecule has 1 heterocycles. The van der Waals surface area contributed by atoms with Crippen molar-refractivity contribution in [3.8, 4) is 5.75 Å². The Morgan fingerprint density at radius 1 is 1.41 bits per heavy atom. The molecule has 0 fully saturated rings. The summed E-state index contributed by atoms with van der Waals surface area (Å²) in [6, 6.07) is 6.04. The summed E-state index contributed by atoms with van der Waals surface area (Å²) in [6.07, 6.45) is 6.55. The number of rotatable bonds is 5. The number of aryl methyl sites for hydroxylation is 2. The highest BCUT2D eigenvalue weighted by atomic mass is 79.9. The average Bonchev–Trinajstić information content (AvgIpc) is 2.82. The minimum absolute atomic E-state index is 0.721. The van der Waals surface area contributed by atoms with E-state index in [9.17, 15) is 0 Å². The summed E-state index contributed by atoms with van der Waals surface area (Å²) in [4.78, 5) is 4.00. The molecule has 0 N–H and O–H groups in total. The van der Waals surface area contributed by atoms with Gasteiger partial charge in [0.15, 0.2) is 0 Å². The third-order valence-corrected chi connectivity index (χ3v) is 3.41. The molecular formula is C13H15BrN2O. The fourth-order valence-electron chi connectivity index (χ4n) is 1.56. The Hall–Kier alpha value is -1.29. The summed E-state index contributed by atoms with van der Waals surface area (Å²) in [5, 5.41) is 0. The lowest BCUT2D eigenvalue weighted by Gasteiger charge is -2.08. The van der Waals surface area contributed by atoms with Crippen LogP contribution in [0.2, 0.25) is 0 Å². The summed E-state index contributed by atoms with van der Waals surface area (Å²) in [5.41, 5.74) is 1.19. The maximum atomic E-state index is 5.69. The molecule has 0 aliphatic carbocycles. The van der Waals surface area contributed by atoms with E-state index in [2.05, 4.69) is 32.4 Å². The largest absolute Gasteiger partial charge is 0.494 e. The molecule has 0 saturated carbocycles. The van der Waals surface area contributed by atoms with Crippen LogP contribution >= 0.6 is 15.9 Å². The molecule has 0 saturated heterocycles. The molecule has 0 amide bonds. The standard InChI is InChI=1S/C13H15BrN2O/c1-11-9-12(3-4-13(11)14)17-8-2-6-16-7-5-15-10-16/h3-5,7,9-10H,2,6,8H2,1H3. The number of ether oxygens (including phenoxy) is 1. The minimum atomic E-state index is 0.721. The minimum Gasteiger partial charge on any atom is -0.494 e. The first-order valence-corrected chi connectivity index (χ1v) is 6.40. The summed E-state index contributed by atoms with van der Waals surface area (Å²) >= 11 is 3.47. The van der Waals surface area contributed by atoms with Gasteiger partial charge in [0.2, 0.25) is 0 Å². The second-order valence-corrected chi connectivity index (χ2v) is 4.77. The highest BCUT2D eigenvalue weighted by molar-refractivity contribution is 9.10. The van der Waals surface area contributed by atoms with Crippen molar-refractivity contribution < 1.29 is 4.74 Å². The van der Waals surface area contributed by atoms with Crippen molar-refractivity contribution in [2.24, 2.45) is 0 Å². The van der Waals surface area contributed by atoms with Crippen LogP contribution in [0, 0.1) is 6.92 Å². The van der Waals surface area contributed by atoms with Crippen molar-refractivity contribution in [2.45, 2.75) is 19.9 Å². The Bertz CT molecular complexity index is 468. The van der Waals surface area contributed by atoms with Gasteiger partial charge >= 0.3 is 0 Å². The van der Waals surface area contributed by atoms with Crippen molar-refractivity contribution >= 4 is 15.9 Å². The summed E-state index contributed by atoms with van der Waals surface area (Å²) in [6.45, 7) is 3.72. The van der Waals surface area contributed by atoms with Crippen LogP contribution in [0.5, 0.6) is 5.75 Å². The van der Waals surface area contributed by atoms with E-state index in [1.165, 1.54) is 5.56 Å². The topological polar surface area (TPSA) is 27.1 Å². The van der Waals surface area contributed by atoms with E-state index < -0.39 is 0 Å². The lowest BCUT2D eigenvalue weighted by molar-refractivity contribution is 0.301. The van der Waals surface area contributed by atoms with E-state index in [0.29, 0.717) is 0 Å². The molecular weight excluding hydrogens is 280 g/mol. The van der Waals surface area contributed by atoms with Gasteiger partial charge in [-0.2, -0.15) is 0 Å². The summed E-state index contributed by atoms with van der Waals surface area (Å²) in [7, 11) is 0. The summed E-state index contributed by atoms with van der Waals surface area (Å²) in [5.74, 6) is 0.927. The van der Waals surface area contributed by atoms with Gasteiger partial charge in [0.05, 0.1) is 12.9 Å². The van der Waals surface area contributed by atoms with Crippen molar-refractivity contribution in [3.05, 3.63) is 47.0 Å². The zero-order chi connectivity index (χ0) is 12.1. The van der Waals surface area contributed by atoms with Crippen LogP contribution in [0.4, 0.5) is 0 Å². The maximum Gasteiger partial charge on any atom is 0.119 e. The summed E-state index contributed by atoms with van der Waals surface area (Å²) < 4.78 is 8.85. The Morgan fingerprint density at radius 3 is 3.00 bits per heavy atom. The molecule has 0 atom stereocenters. The third-order valence-electron chi connectivity index (χ3n) is 2.52. The van der Waals surface area contributed by atoms with E-state index in [1.54, 1.807) is 6.20 Å². The number of hydrogen-bond donors (Lipinski definition) is 0. The van der Waals surface area contributed by atoms with Crippen LogP contribution in [0.1, 0.15) is 12.0 Å². The van der Waals surface area contributed by atoms with Crippen molar-refractivity contribution in [1.82, 2.24) is 9.55 Å². The first kappa shape index (κ1) is 12.2. The molecule has 4 heteroatoms. The van der Waals surface area contributed by atoms with E-state index in [1.807, 2.05) is 30.7 Å². The lowest BCUT2D eigenvalue weighted by atomic mass is 10.2. The van der Waals surface area contributed by atoms with Gasteiger partial charge in [-0.3, -0.25) is 0 Å². The number of benzene rings is 1. The Balaban J connectivity index is 1.76. The molecule has 90 valence electrons. The van der Waals surface area contributed by atoms with Gasteiger partial charge in [-0.15, -0.1) is 0 Å². The molecule has 0 aliphatic rings. The number of hydrogen-bond acceptors (Lipinski definition) is 2. The normalized spacial score (nSPS) is 10.5. The van der Waals surface area contributed by atoms with E-state index in [0.717, 1.165) is 29.8 Å². The fraction of sp³-hybridized carbons (Fsp3) is 0.308. The molecule has 2 rings (SSSR count). The quantitative estimate of drug-likeness (QED) is 0.790. The zero-order valence-electron chi connectivity index (χ0n) is 9.77. The monoisotopic (exact) mass is 294 g/mol. The van der Waals surface area contributed by atoms with Crippen LogP contribution in [-0.2, 0) is 6.54 Å². The number of aromatic nitrogens is 2. The highest BCUT2D eigenvalue weighted by Gasteiger charge is 1.98. The lowest BCUT2D eigenvalue weighted by Crippen LogP contribution is -2.03. The van der Waals surface area contributed by atoms with Crippen LogP contribution in [0.15, 0.2) is 41.4 Å². The van der Waals surface area contributed by atoms with Crippen LogP contribution in [0.25, 0.3) is 0 Å². The molecule has 1 aromatic heterocycles. The number of imidazole rings is 1. The second kappa shape index (κ2) is 5.87. The first-order valence-electron chi connectivity index (χ1n) is 5.60. The first-order chi connectivity index (χ1) is 8.25. The maximum absolute atomic E-state index is 5.69. The Morgan fingerprint density at radius 2 is 2.29 bits per heavy atom. The number of halogens is 1. The van der Waals surface area contributed by atoms with Crippen molar-refractivity contribution in [2.75, 3.05) is 6.61 Å². The molecule has 3 nitrogen and oxygen atoms in total. The zero-order valence-corrected chi connectivity index (χ0v) is 11.4. The fourth-order valence-corrected chi connectivity index (χ4v) is 1.81. The molecule has 0 bridgehead atoms. The van der Waals surface area contributed by atoms with E-state index in [-0.39, 0.29) is 0 Å². The predicted octanol–water partition coefficient (Wildman–Crippen LogP) is 3.42. The van der Waals surface area contributed by atoms with E-state index in [4.69, 9.17) is 4.74 Å². The van der Waals surface area contributed by atoms with Crippen LogP contribution in [0.3, 0.4) is 0 Å². The van der Waals surface area contributed by atoms with Crippen molar-refractivity contribution in [1.29, 1.82) is 0 Å². The predicted molar refractivity (Wildman–Crippen MR) is 71.2 cm³/mol. The van der Waals surface area contributed by atoms with Gasteiger partial charge in [-0.05, 0) is 37.1 Å².